The van der Waals surface area contributed by atoms with E-state index >= 15 is 0 Å². The third-order valence-corrected chi connectivity index (χ3v) is 3.57. The lowest BCUT2D eigenvalue weighted by Crippen LogP contribution is -2.16. The number of nitrogens with one attached hydrogen (secondary N) is 1. The van der Waals surface area contributed by atoms with Crippen molar-refractivity contribution in [3.8, 4) is 0 Å². The lowest BCUT2D eigenvalue weighted by molar-refractivity contribution is -0.136. The maximum absolute atomic E-state index is 11.5. The van der Waals surface area contributed by atoms with Crippen molar-refractivity contribution in [3.63, 3.8) is 0 Å². The summed E-state index contributed by atoms with van der Waals surface area (Å²) >= 11 is 1.43. The molecule has 0 radical (unpaired) electrons. The molecule has 1 aromatic rings. The Morgan fingerprint density at radius 3 is 3.00 bits per heavy atom. The van der Waals surface area contributed by atoms with Crippen LogP contribution in [0, 0.1) is 0 Å². The molecule has 0 spiro atoms. The van der Waals surface area contributed by atoms with Gasteiger partial charge in [-0.15, -0.1) is 5.10 Å². The summed E-state index contributed by atoms with van der Waals surface area (Å²) in [4.78, 5) is 22.7. The highest BCUT2D eigenvalue weighted by atomic mass is 32.2. The molecule has 1 aromatic heterocycles. The maximum atomic E-state index is 11.5. The first-order chi connectivity index (χ1) is 8.63. The molecule has 0 bridgehead atoms. The van der Waals surface area contributed by atoms with Crippen molar-refractivity contribution in [2.45, 2.75) is 31.0 Å². The molecule has 98 valence electrons. The molecule has 1 heterocycles. The van der Waals surface area contributed by atoms with E-state index in [1.807, 2.05) is 0 Å². The summed E-state index contributed by atoms with van der Waals surface area (Å²) in [5.41, 5.74) is 0.398. The van der Waals surface area contributed by atoms with Crippen molar-refractivity contribution < 1.29 is 9.53 Å². The normalized spacial score (nSPS) is 15.8. The van der Waals surface area contributed by atoms with Crippen LogP contribution in [0.3, 0.4) is 0 Å². The third kappa shape index (κ3) is 2.84. The van der Waals surface area contributed by atoms with E-state index in [4.69, 9.17) is 0 Å². The third-order valence-electron chi connectivity index (χ3n) is 2.69. The predicted octanol–water partition coefficient (Wildman–Crippen LogP) is 1.12. The summed E-state index contributed by atoms with van der Waals surface area (Å²) in [6.07, 6.45) is 3.83. The molecule has 0 aromatic carbocycles. The minimum absolute atomic E-state index is 0.159. The van der Waals surface area contributed by atoms with Crippen molar-refractivity contribution >= 4 is 17.7 Å². The minimum atomic E-state index is -0.336. The molecule has 1 N–H and O–H groups in total. The number of carbonyl (C=O) groups excluding carboxylic acids is 1. The van der Waals surface area contributed by atoms with Crippen LogP contribution in [0.15, 0.2) is 21.6 Å². The van der Waals surface area contributed by atoms with Crippen LogP contribution in [-0.2, 0) is 9.53 Å². The molecule has 1 fully saturated rings. The van der Waals surface area contributed by atoms with Gasteiger partial charge in [-0.1, -0.05) is 17.8 Å². The van der Waals surface area contributed by atoms with E-state index in [9.17, 15) is 9.59 Å². The summed E-state index contributed by atoms with van der Waals surface area (Å²) < 4.78 is 6.28. The summed E-state index contributed by atoms with van der Waals surface area (Å²) in [7, 11) is 1.35. The van der Waals surface area contributed by atoms with Gasteiger partial charge in [0.05, 0.1) is 7.11 Å². The second-order valence-electron chi connectivity index (χ2n) is 4.10. The lowest BCUT2D eigenvalue weighted by atomic mass is 10.3. The number of hydrogen-bond acceptors (Lipinski definition) is 5. The number of H-pyrrole nitrogens is 1. The zero-order valence-electron chi connectivity index (χ0n) is 10.3. The van der Waals surface area contributed by atoms with E-state index in [1.54, 1.807) is 17.6 Å². The number of methoxy groups -OCH3 is 1. The Bertz CT molecular complexity index is 528. The highest BCUT2D eigenvalue weighted by molar-refractivity contribution is 7.99. The van der Waals surface area contributed by atoms with Gasteiger partial charge in [0.2, 0.25) is 0 Å². The highest BCUT2D eigenvalue weighted by Crippen LogP contribution is 2.35. The Labute approximate surface area is 108 Å². The molecule has 1 saturated carbocycles. The molecule has 1 aliphatic carbocycles. The second kappa shape index (κ2) is 5.43. The molecule has 0 atom stereocenters. The van der Waals surface area contributed by atoms with E-state index in [0.717, 1.165) is 12.8 Å². The van der Waals surface area contributed by atoms with Crippen LogP contribution in [0.25, 0.3) is 0 Å². The van der Waals surface area contributed by atoms with Crippen LogP contribution in [-0.4, -0.2) is 33.6 Å². The van der Waals surface area contributed by atoms with Crippen molar-refractivity contribution in [2.75, 3.05) is 12.9 Å². The monoisotopic (exact) mass is 269 g/mol. The van der Waals surface area contributed by atoms with Crippen LogP contribution in [0.5, 0.6) is 0 Å². The number of thioether (sulfide) groups is 1. The molecule has 7 heteroatoms. The van der Waals surface area contributed by atoms with Gasteiger partial charge in [-0.3, -0.25) is 4.57 Å². The molecule has 1 aliphatic rings. The van der Waals surface area contributed by atoms with E-state index in [-0.39, 0.29) is 11.7 Å². The van der Waals surface area contributed by atoms with E-state index < -0.39 is 0 Å². The fraction of sp³-hybridized carbons (Fsp3) is 0.545. The van der Waals surface area contributed by atoms with Gasteiger partial charge in [0.1, 0.15) is 0 Å². The first-order valence-corrected chi connectivity index (χ1v) is 6.67. The quantitative estimate of drug-likeness (QED) is 0.492. The maximum Gasteiger partial charge on any atom is 0.344 e. The molecule has 6 nitrogen and oxygen atoms in total. The molecular weight excluding hydrogens is 254 g/mol. The Kier molecular flexibility index (Phi) is 3.90. The summed E-state index contributed by atoms with van der Waals surface area (Å²) in [6.45, 7) is 1.70. The highest BCUT2D eigenvalue weighted by Gasteiger charge is 2.28. The number of carbonyl (C=O) groups is 1. The molecule has 0 amide bonds. The molecule has 18 heavy (non-hydrogen) atoms. The Balaban J connectivity index is 1.99. The van der Waals surface area contributed by atoms with Gasteiger partial charge >= 0.3 is 11.7 Å². The molecule has 0 unspecified atom stereocenters. The average Bonchev–Trinajstić information content (AvgIpc) is 3.13. The van der Waals surface area contributed by atoms with Gasteiger partial charge in [-0.05, 0) is 19.8 Å². The van der Waals surface area contributed by atoms with Gasteiger partial charge in [0.15, 0.2) is 5.16 Å². The number of rotatable bonds is 5. The fourth-order valence-electron chi connectivity index (χ4n) is 1.53. The largest absolute Gasteiger partial charge is 0.466 e. The number of ether oxygens (including phenoxy) is 1. The molecule has 0 aliphatic heterocycles. The zero-order valence-corrected chi connectivity index (χ0v) is 11.1. The minimum Gasteiger partial charge on any atom is -0.466 e. The summed E-state index contributed by atoms with van der Waals surface area (Å²) in [5, 5.41) is 7.11. The van der Waals surface area contributed by atoms with Gasteiger partial charge < -0.3 is 4.74 Å². The van der Waals surface area contributed by atoms with Crippen LogP contribution in [0.1, 0.15) is 25.8 Å². The van der Waals surface area contributed by atoms with Crippen molar-refractivity contribution in [3.05, 3.63) is 22.1 Å². The molecule has 2 rings (SSSR count). The predicted molar refractivity (Wildman–Crippen MR) is 67.6 cm³/mol. The Morgan fingerprint density at radius 2 is 2.39 bits per heavy atom. The van der Waals surface area contributed by atoms with Crippen molar-refractivity contribution in [2.24, 2.45) is 0 Å². The number of nitrogens with zero attached hydrogens (tertiary/aromatic N) is 2. The van der Waals surface area contributed by atoms with E-state index in [2.05, 4.69) is 14.9 Å². The second-order valence-corrected chi connectivity index (χ2v) is 5.09. The number of hydrogen-bond donors (Lipinski definition) is 1. The topological polar surface area (TPSA) is 77.0 Å². The van der Waals surface area contributed by atoms with Crippen LogP contribution < -0.4 is 5.69 Å². The molecular formula is C11H15N3O3S. The fourth-order valence-corrected chi connectivity index (χ4v) is 2.50. The van der Waals surface area contributed by atoms with E-state index in [1.165, 1.54) is 18.9 Å². The number of aromatic nitrogens is 3. The zero-order chi connectivity index (χ0) is 13.1. The standard InChI is InChI=1S/C11H15N3O3S/c1-7(9(15)17-2)5-6-18-11-13-12-10(16)14(11)8-3-4-8/h5,8H,3-4,6H2,1-2H3,(H,12,16). The smallest absolute Gasteiger partial charge is 0.344 e. The SMILES string of the molecule is COC(=O)C(C)=CCSc1n[nH]c(=O)n1C1CC1. The van der Waals surface area contributed by atoms with Crippen LogP contribution >= 0.6 is 11.8 Å². The summed E-state index contributed by atoms with van der Waals surface area (Å²) in [5.74, 6) is 0.245. The van der Waals surface area contributed by atoms with E-state index in [0.29, 0.717) is 22.5 Å². The number of aromatic amines is 1. The average molecular weight is 269 g/mol. The van der Waals surface area contributed by atoms with Gasteiger partial charge in [0.25, 0.3) is 0 Å². The lowest BCUT2D eigenvalue weighted by Gasteiger charge is -2.01. The van der Waals surface area contributed by atoms with Crippen molar-refractivity contribution in [1.82, 2.24) is 14.8 Å². The first kappa shape index (κ1) is 12.9. The van der Waals surface area contributed by atoms with Gasteiger partial charge in [-0.2, -0.15) is 0 Å². The summed E-state index contributed by atoms with van der Waals surface area (Å²) in [6, 6.07) is 0.296. The Morgan fingerprint density at radius 1 is 1.67 bits per heavy atom. The van der Waals surface area contributed by atoms with Gasteiger partial charge in [-0.25, -0.2) is 14.7 Å². The van der Waals surface area contributed by atoms with Gasteiger partial charge in [0, 0.05) is 17.4 Å². The van der Waals surface area contributed by atoms with Crippen LogP contribution in [0.4, 0.5) is 0 Å². The first-order valence-electron chi connectivity index (χ1n) is 5.68. The van der Waals surface area contributed by atoms with Crippen molar-refractivity contribution in [1.29, 1.82) is 0 Å². The molecule has 0 saturated heterocycles. The number of esters is 1. The Hall–Kier alpha value is -1.50. The van der Waals surface area contributed by atoms with Crippen LogP contribution in [0.2, 0.25) is 0 Å².